The molecule has 27 heavy (non-hydrogen) atoms. The lowest BCUT2D eigenvalue weighted by molar-refractivity contribution is -0.131. The molecule has 0 radical (unpaired) electrons. The Hall–Kier alpha value is -2.50. The molecule has 0 aromatic carbocycles. The molecule has 0 atom stereocenters. The van der Waals surface area contributed by atoms with Crippen LogP contribution in [0.15, 0.2) is 33.3 Å². The summed E-state index contributed by atoms with van der Waals surface area (Å²) in [7, 11) is 0. The van der Waals surface area contributed by atoms with Crippen LogP contribution >= 0.6 is 0 Å². The van der Waals surface area contributed by atoms with Gasteiger partial charge >= 0.3 is 0 Å². The highest BCUT2D eigenvalue weighted by Crippen LogP contribution is 2.18. The Bertz CT molecular complexity index is 727. The second-order valence-electron chi connectivity index (χ2n) is 6.76. The SMILES string of the molecule is CCCN(CCC)C(=O)CCN(Cc1ccco1)C(=O)c1cc(C)oc1C. The molecule has 0 aliphatic heterocycles. The van der Waals surface area contributed by atoms with Crippen molar-refractivity contribution in [3.63, 3.8) is 0 Å². The summed E-state index contributed by atoms with van der Waals surface area (Å²) in [5, 5.41) is 0. The van der Waals surface area contributed by atoms with E-state index in [4.69, 9.17) is 8.83 Å². The molecule has 0 N–H and O–H groups in total. The van der Waals surface area contributed by atoms with E-state index in [1.807, 2.05) is 17.9 Å². The quantitative estimate of drug-likeness (QED) is 0.626. The maximum atomic E-state index is 13.0. The van der Waals surface area contributed by atoms with Crippen molar-refractivity contribution in [3.05, 3.63) is 47.3 Å². The molecule has 148 valence electrons. The molecule has 0 unspecified atom stereocenters. The highest BCUT2D eigenvalue weighted by Gasteiger charge is 2.23. The molecule has 0 aliphatic rings. The number of hydrogen-bond donors (Lipinski definition) is 0. The monoisotopic (exact) mass is 374 g/mol. The molecule has 2 aromatic heterocycles. The second-order valence-corrected chi connectivity index (χ2v) is 6.76. The fraction of sp³-hybridized carbons (Fsp3) is 0.524. The molecule has 2 rings (SSSR count). The topological polar surface area (TPSA) is 66.9 Å². The normalized spacial score (nSPS) is 10.8. The van der Waals surface area contributed by atoms with Crippen molar-refractivity contribution in [2.24, 2.45) is 0 Å². The number of furan rings is 2. The summed E-state index contributed by atoms with van der Waals surface area (Å²) in [6.07, 6.45) is 3.73. The maximum absolute atomic E-state index is 13.0. The molecular weight excluding hydrogens is 344 g/mol. The van der Waals surface area contributed by atoms with Gasteiger partial charge in [0.05, 0.1) is 18.4 Å². The lowest BCUT2D eigenvalue weighted by Crippen LogP contribution is -2.37. The minimum Gasteiger partial charge on any atom is -0.467 e. The van der Waals surface area contributed by atoms with Crippen molar-refractivity contribution < 1.29 is 18.4 Å². The zero-order chi connectivity index (χ0) is 19.8. The van der Waals surface area contributed by atoms with E-state index < -0.39 is 0 Å². The number of carbonyl (C=O) groups is 2. The number of carbonyl (C=O) groups excluding carboxylic acids is 2. The zero-order valence-electron chi connectivity index (χ0n) is 16.8. The molecule has 0 saturated carbocycles. The molecule has 2 heterocycles. The number of rotatable bonds is 10. The van der Waals surface area contributed by atoms with Gasteiger partial charge in [0.25, 0.3) is 5.91 Å². The lowest BCUT2D eigenvalue weighted by atomic mass is 10.2. The van der Waals surface area contributed by atoms with Gasteiger partial charge in [0.1, 0.15) is 17.3 Å². The smallest absolute Gasteiger partial charge is 0.257 e. The van der Waals surface area contributed by atoms with Crippen molar-refractivity contribution in [1.82, 2.24) is 9.80 Å². The Morgan fingerprint density at radius 1 is 1.04 bits per heavy atom. The van der Waals surface area contributed by atoms with E-state index in [0.29, 0.717) is 42.4 Å². The molecule has 0 aliphatic carbocycles. The average Bonchev–Trinajstić information content (AvgIpc) is 3.26. The van der Waals surface area contributed by atoms with E-state index in [9.17, 15) is 9.59 Å². The van der Waals surface area contributed by atoms with Crippen molar-refractivity contribution in [3.8, 4) is 0 Å². The number of aryl methyl sites for hydroxylation is 2. The second kappa shape index (κ2) is 10.00. The molecule has 2 aromatic rings. The summed E-state index contributed by atoms with van der Waals surface area (Å²) < 4.78 is 10.9. The first-order valence-corrected chi connectivity index (χ1v) is 9.62. The van der Waals surface area contributed by atoms with Crippen LogP contribution in [0.2, 0.25) is 0 Å². The van der Waals surface area contributed by atoms with Crippen LogP contribution in [-0.2, 0) is 11.3 Å². The van der Waals surface area contributed by atoms with E-state index in [1.165, 1.54) is 0 Å². The largest absolute Gasteiger partial charge is 0.467 e. The first-order chi connectivity index (χ1) is 13.0. The first kappa shape index (κ1) is 20.8. The molecule has 0 fully saturated rings. The van der Waals surface area contributed by atoms with Crippen LogP contribution in [-0.4, -0.2) is 41.2 Å². The third-order valence-electron chi connectivity index (χ3n) is 4.42. The summed E-state index contributed by atoms with van der Waals surface area (Å²) >= 11 is 0. The molecule has 0 bridgehead atoms. The number of amides is 2. The van der Waals surface area contributed by atoms with Gasteiger partial charge in [-0.25, -0.2) is 0 Å². The van der Waals surface area contributed by atoms with Crippen molar-refractivity contribution >= 4 is 11.8 Å². The van der Waals surface area contributed by atoms with Crippen molar-refractivity contribution in [2.45, 2.75) is 53.5 Å². The van der Waals surface area contributed by atoms with Gasteiger partial charge in [-0.15, -0.1) is 0 Å². The Morgan fingerprint density at radius 3 is 2.26 bits per heavy atom. The average molecular weight is 374 g/mol. The van der Waals surface area contributed by atoms with Gasteiger partial charge in [0.2, 0.25) is 5.91 Å². The van der Waals surface area contributed by atoms with Gasteiger partial charge in [-0.05, 0) is 44.9 Å². The van der Waals surface area contributed by atoms with Gasteiger partial charge in [-0.3, -0.25) is 9.59 Å². The Labute approximate surface area is 161 Å². The predicted molar refractivity (Wildman–Crippen MR) is 103 cm³/mol. The fourth-order valence-corrected chi connectivity index (χ4v) is 3.15. The minimum atomic E-state index is -0.147. The molecule has 2 amide bonds. The van der Waals surface area contributed by atoms with E-state index in [2.05, 4.69) is 13.8 Å². The summed E-state index contributed by atoms with van der Waals surface area (Å²) in [5.41, 5.74) is 0.533. The van der Waals surface area contributed by atoms with E-state index >= 15 is 0 Å². The maximum Gasteiger partial charge on any atom is 0.257 e. The molecule has 6 heteroatoms. The first-order valence-electron chi connectivity index (χ1n) is 9.62. The van der Waals surface area contributed by atoms with Crippen LogP contribution in [0, 0.1) is 13.8 Å². The van der Waals surface area contributed by atoms with Crippen LogP contribution in [0.4, 0.5) is 0 Å². The molecule has 6 nitrogen and oxygen atoms in total. The molecular formula is C21H30N2O4. The summed E-state index contributed by atoms with van der Waals surface area (Å²) in [6, 6.07) is 5.37. The molecule has 0 spiro atoms. The van der Waals surface area contributed by atoms with Gasteiger partial charge in [0.15, 0.2) is 0 Å². The fourth-order valence-electron chi connectivity index (χ4n) is 3.15. The van der Waals surface area contributed by atoms with Gasteiger partial charge < -0.3 is 18.6 Å². The Balaban J connectivity index is 2.11. The molecule has 0 saturated heterocycles. The number of nitrogens with zero attached hydrogens (tertiary/aromatic N) is 2. The summed E-state index contributed by atoms with van der Waals surface area (Å²) in [5.74, 6) is 1.91. The van der Waals surface area contributed by atoms with Gasteiger partial charge in [-0.1, -0.05) is 13.8 Å². The summed E-state index contributed by atoms with van der Waals surface area (Å²) in [4.78, 5) is 29.2. The van der Waals surface area contributed by atoms with E-state index in [0.717, 1.165) is 25.9 Å². The number of hydrogen-bond acceptors (Lipinski definition) is 4. The van der Waals surface area contributed by atoms with Crippen LogP contribution in [0.3, 0.4) is 0 Å². The van der Waals surface area contributed by atoms with Crippen LogP contribution in [0.1, 0.15) is 60.7 Å². The minimum absolute atomic E-state index is 0.0797. The predicted octanol–water partition coefficient (Wildman–Crippen LogP) is 4.17. The standard InChI is InChI=1S/C21H30N2O4/c1-5-10-22(11-6-2)20(24)9-12-23(15-18-8-7-13-26-18)21(25)19-14-16(3)27-17(19)4/h7-8,13-14H,5-6,9-12,15H2,1-4H3. The van der Waals surface area contributed by atoms with Crippen LogP contribution in [0.5, 0.6) is 0 Å². The van der Waals surface area contributed by atoms with Crippen LogP contribution in [0.25, 0.3) is 0 Å². The highest BCUT2D eigenvalue weighted by atomic mass is 16.3. The van der Waals surface area contributed by atoms with Crippen molar-refractivity contribution in [2.75, 3.05) is 19.6 Å². The summed E-state index contributed by atoms with van der Waals surface area (Å²) in [6.45, 7) is 9.88. The van der Waals surface area contributed by atoms with Gasteiger partial charge in [0, 0.05) is 26.1 Å². The Kier molecular flexibility index (Phi) is 7.70. The van der Waals surface area contributed by atoms with Gasteiger partial charge in [-0.2, -0.15) is 0 Å². The third-order valence-corrected chi connectivity index (χ3v) is 4.42. The Morgan fingerprint density at radius 2 is 1.74 bits per heavy atom. The van der Waals surface area contributed by atoms with E-state index in [1.54, 1.807) is 30.2 Å². The van der Waals surface area contributed by atoms with Crippen molar-refractivity contribution in [1.29, 1.82) is 0 Å². The van der Waals surface area contributed by atoms with Crippen LogP contribution < -0.4 is 0 Å². The zero-order valence-corrected chi connectivity index (χ0v) is 16.8. The van der Waals surface area contributed by atoms with E-state index in [-0.39, 0.29) is 11.8 Å². The third kappa shape index (κ3) is 5.74. The highest BCUT2D eigenvalue weighted by molar-refractivity contribution is 5.95. The lowest BCUT2D eigenvalue weighted by Gasteiger charge is -2.25.